The van der Waals surface area contributed by atoms with Crippen molar-refractivity contribution in [2.75, 3.05) is 26.2 Å². The van der Waals surface area contributed by atoms with Crippen LogP contribution in [0.5, 0.6) is 5.75 Å². The Morgan fingerprint density at radius 1 is 1.07 bits per heavy atom. The molecular formula is C21H23N3O5. The van der Waals surface area contributed by atoms with Crippen molar-refractivity contribution in [1.82, 2.24) is 10.2 Å². The minimum atomic E-state index is -0.498. The highest BCUT2D eigenvalue weighted by Gasteiger charge is 2.23. The van der Waals surface area contributed by atoms with Crippen LogP contribution < -0.4 is 10.1 Å². The van der Waals surface area contributed by atoms with E-state index in [1.807, 2.05) is 30.3 Å². The average molecular weight is 397 g/mol. The number of piperidine rings is 1. The van der Waals surface area contributed by atoms with Crippen LogP contribution in [0.25, 0.3) is 0 Å². The van der Waals surface area contributed by atoms with E-state index in [0.717, 1.165) is 12.8 Å². The molecule has 2 aromatic rings. The van der Waals surface area contributed by atoms with Crippen LogP contribution in [0.15, 0.2) is 54.6 Å². The molecule has 2 aromatic carbocycles. The van der Waals surface area contributed by atoms with Crippen molar-refractivity contribution in [2.24, 2.45) is 5.92 Å². The van der Waals surface area contributed by atoms with E-state index in [0.29, 0.717) is 30.9 Å². The molecule has 8 heteroatoms. The second-order valence-corrected chi connectivity index (χ2v) is 6.94. The zero-order chi connectivity index (χ0) is 20.6. The number of nitro benzene ring substituents is 1. The van der Waals surface area contributed by atoms with Gasteiger partial charge in [-0.15, -0.1) is 0 Å². The fourth-order valence-electron chi connectivity index (χ4n) is 3.21. The van der Waals surface area contributed by atoms with Gasteiger partial charge in [0.2, 0.25) is 0 Å². The van der Waals surface area contributed by atoms with Crippen molar-refractivity contribution in [3.05, 3.63) is 70.3 Å². The molecule has 1 saturated heterocycles. The smallest absolute Gasteiger partial charge is 0.269 e. The number of rotatable bonds is 7. The molecule has 29 heavy (non-hydrogen) atoms. The lowest BCUT2D eigenvalue weighted by molar-refractivity contribution is -0.384. The second kappa shape index (κ2) is 9.68. The molecule has 1 fully saturated rings. The molecule has 3 rings (SSSR count). The van der Waals surface area contributed by atoms with Gasteiger partial charge in [0.25, 0.3) is 17.5 Å². The molecule has 8 nitrogen and oxygen atoms in total. The number of hydrogen-bond donors (Lipinski definition) is 1. The number of nitrogens with one attached hydrogen (secondary N) is 1. The molecular weight excluding hydrogens is 374 g/mol. The summed E-state index contributed by atoms with van der Waals surface area (Å²) in [7, 11) is 0. The molecule has 0 bridgehead atoms. The first-order chi connectivity index (χ1) is 14.0. The van der Waals surface area contributed by atoms with Crippen LogP contribution >= 0.6 is 0 Å². The highest BCUT2D eigenvalue weighted by atomic mass is 16.6. The Morgan fingerprint density at radius 2 is 1.72 bits per heavy atom. The molecule has 0 unspecified atom stereocenters. The SMILES string of the molecule is O=C(NCC1CCN(C(=O)COc2ccccc2)CC1)c1ccc([N+](=O)[O-])cc1. The Labute approximate surface area is 168 Å². The molecule has 0 atom stereocenters. The van der Waals surface area contributed by atoms with Gasteiger partial charge >= 0.3 is 0 Å². The third-order valence-corrected chi connectivity index (χ3v) is 4.96. The lowest BCUT2D eigenvalue weighted by atomic mass is 9.96. The monoisotopic (exact) mass is 397 g/mol. The molecule has 1 aliphatic heterocycles. The van der Waals surface area contributed by atoms with E-state index in [4.69, 9.17) is 4.74 Å². The molecule has 1 aliphatic rings. The molecule has 152 valence electrons. The zero-order valence-corrected chi connectivity index (χ0v) is 16.0. The van der Waals surface area contributed by atoms with E-state index in [2.05, 4.69) is 5.32 Å². The van der Waals surface area contributed by atoms with Crippen molar-refractivity contribution in [3.8, 4) is 5.75 Å². The van der Waals surface area contributed by atoms with Crippen molar-refractivity contribution < 1.29 is 19.2 Å². The number of carbonyl (C=O) groups is 2. The summed E-state index contributed by atoms with van der Waals surface area (Å²) in [6.45, 7) is 1.80. The van der Waals surface area contributed by atoms with Gasteiger partial charge in [-0.05, 0) is 43.0 Å². The number of nitrogens with zero attached hydrogens (tertiary/aromatic N) is 2. The highest BCUT2D eigenvalue weighted by Crippen LogP contribution is 2.18. The number of para-hydroxylation sites is 1. The average Bonchev–Trinajstić information content (AvgIpc) is 2.77. The largest absolute Gasteiger partial charge is 0.484 e. The predicted molar refractivity (Wildman–Crippen MR) is 107 cm³/mol. The number of carbonyl (C=O) groups excluding carboxylic acids is 2. The highest BCUT2D eigenvalue weighted by molar-refractivity contribution is 5.94. The lowest BCUT2D eigenvalue weighted by Gasteiger charge is -2.32. The Hall–Kier alpha value is -3.42. The third kappa shape index (κ3) is 5.78. The topological polar surface area (TPSA) is 102 Å². The summed E-state index contributed by atoms with van der Waals surface area (Å²) in [6.07, 6.45) is 1.61. The van der Waals surface area contributed by atoms with Gasteiger partial charge in [-0.25, -0.2) is 0 Å². The van der Waals surface area contributed by atoms with Crippen LogP contribution in [0.4, 0.5) is 5.69 Å². The summed E-state index contributed by atoms with van der Waals surface area (Å²) in [5.41, 5.74) is 0.344. The molecule has 0 radical (unpaired) electrons. The molecule has 2 amide bonds. The number of amides is 2. The summed E-state index contributed by atoms with van der Waals surface area (Å²) in [5, 5.41) is 13.5. The predicted octanol–water partition coefficient (Wildman–Crippen LogP) is 2.64. The minimum Gasteiger partial charge on any atom is -0.484 e. The van der Waals surface area contributed by atoms with Gasteiger partial charge in [-0.1, -0.05) is 18.2 Å². The first-order valence-corrected chi connectivity index (χ1v) is 9.51. The van der Waals surface area contributed by atoms with E-state index < -0.39 is 4.92 Å². The zero-order valence-electron chi connectivity index (χ0n) is 16.0. The molecule has 1 heterocycles. The first kappa shape index (κ1) is 20.3. The van der Waals surface area contributed by atoms with Gasteiger partial charge in [0.15, 0.2) is 6.61 Å². The summed E-state index contributed by atoms with van der Waals surface area (Å²) in [6, 6.07) is 14.8. The van der Waals surface area contributed by atoms with E-state index in [9.17, 15) is 19.7 Å². The van der Waals surface area contributed by atoms with Crippen LogP contribution in [-0.2, 0) is 4.79 Å². The fourth-order valence-corrected chi connectivity index (χ4v) is 3.21. The number of ether oxygens (including phenoxy) is 1. The number of benzene rings is 2. The number of likely N-dealkylation sites (tertiary alicyclic amines) is 1. The van der Waals surface area contributed by atoms with Gasteiger partial charge in [0.05, 0.1) is 4.92 Å². The minimum absolute atomic E-state index is 0.0194. The molecule has 1 N–H and O–H groups in total. The molecule has 0 saturated carbocycles. The van der Waals surface area contributed by atoms with Crippen molar-refractivity contribution in [2.45, 2.75) is 12.8 Å². The first-order valence-electron chi connectivity index (χ1n) is 9.51. The van der Waals surface area contributed by atoms with Crippen LogP contribution in [0.1, 0.15) is 23.2 Å². The standard InChI is InChI=1S/C21H23N3O5/c25-20(15-29-19-4-2-1-3-5-19)23-12-10-16(11-13-23)14-22-21(26)17-6-8-18(9-7-17)24(27)28/h1-9,16H,10-15H2,(H,22,26). The number of nitro groups is 1. The normalized spacial score (nSPS) is 14.3. The van der Waals surface area contributed by atoms with Gasteiger partial charge in [0.1, 0.15) is 5.75 Å². The van der Waals surface area contributed by atoms with Crippen LogP contribution in [0.3, 0.4) is 0 Å². The van der Waals surface area contributed by atoms with Crippen LogP contribution in [0, 0.1) is 16.0 Å². The van der Waals surface area contributed by atoms with Gasteiger partial charge in [-0.3, -0.25) is 19.7 Å². The summed E-state index contributed by atoms with van der Waals surface area (Å²) in [4.78, 5) is 36.4. The van der Waals surface area contributed by atoms with Crippen molar-refractivity contribution >= 4 is 17.5 Å². The maximum atomic E-state index is 12.3. The van der Waals surface area contributed by atoms with Gasteiger partial charge < -0.3 is 15.0 Å². The molecule has 0 aromatic heterocycles. The number of non-ortho nitro benzene ring substituents is 1. The van der Waals surface area contributed by atoms with E-state index in [-0.39, 0.29) is 30.0 Å². The van der Waals surface area contributed by atoms with E-state index in [1.54, 1.807) is 4.90 Å². The maximum absolute atomic E-state index is 12.3. The Balaban J connectivity index is 1.38. The fraction of sp³-hybridized carbons (Fsp3) is 0.333. The van der Waals surface area contributed by atoms with Crippen LogP contribution in [-0.4, -0.2) is 47.9 Å². The van der Waals surface area contributed by atoms with Gasteiger partial charge in [0, 0.05) is 37.3 Å². The quantitative estimate of drug-likeness (QED) is 0.572. The summed E-state index contributed by atoms with van der Waals surface area (Å²) >= 11 is 0. The van der Waals surface area contributed by atoms with Crippen LogP contribution in [0.2, 0.25) is 0 Å². The lowest BCUT2D eigenvalue weighted by Crippen LogP contribution is -2.43. The summed E-state index contributed by atoms with van der Waals surface area (Å²) in [5.74, 6) is 0.665. The van der Waals surface area contributed by atoms with Crippen molar-refractivity contribution in [3.63, 3.8) is 0 Å². The molecule has 0 aliphatic carbocycles. The van der Waals surface area contributed by atoms with E-state index >= 15 is 0 Å². The molecule has 0 spiro atoms. The van der Waals surface area contributed by atoms with Crippen molar-refractivity contribution in [1.29, 1.82) is 0 Å². The Bertz CT molecular complexity index is 846. The maximum Gasteiger partial charge on any atom is 0.269 e. The van der Waals surface area contributed by atoms with Gasteiger partial charge in [-0.2, -0.15) is 0 Å². The Morgan fingerprint density at radius 3 is 2.34 bits per heavy atom. The second-order valence-electron chi connectivity index (χ2n) is 6.94. The third-order valence-electron chi connectivity index (χ3n) is 4.96. The van der Waals surface area contributed by atoms with E-state index in [1.165, 1.54) is 24.3 Å². The summed E-state index contributed by atoms with van der Waals surface area (Å²) < 4.78 is 5.51. The number of hydrogen-bond acceptors (Lipinski definition) is 5. The Kier molecular flexibility index (Phi) is 6.78.